The SMILES string of the molecule is C=[C]1[Bi]([c]2ccccc2)[C](=C)[Bi]1[c]1ccccc1. The number of benzene rings is 2. The van der Waals surface area contributed by atoms with Crippen LogP contribution in [0.3, 0.4) is 0 Å². The summed E-state index contributed by atoms with van der Waals surface area (Å²) in [5, 5.41) is 0. The predicted molar refractivity (Wildman–Crippen MR) is 81.9 cm³/mol. The molecule has 0 unspecified atom stereocenters. The van der Waals surface area contributed by atoms with E-state index in [0.717, 1.165) is 0 Å². The van der Waals surface area contributed by atoms with E-state index >= 15 is 0 Å². The Bertz CT molecular complexity index is 520. The second-order valence-electron chi connectivity index (χ2n) is 4.17. The van der Waals surface area contributed by atoms with Crippen molar-refractivity contribution in [1.82, 2.24) is 0 Å². The van der Waals surface area contributed by atoms with Crippen LogP contribution < -0.4 is 6.54 Å². The summed E-state index contributed by atoms with van der Waals surface area (Å²) >= 11 is -3.54. The molecule has 1 saturated heterocycles. The first-order valence-electron chi connectivity index (χ1n) is 5.87. The number of rotatable bonds is 2. The Kier molecular flexibility index (Phi) is 3.78. The molecule has 0 amide bonds. The van der Waals surface area contributed by atoms with Crippen LogP contribution in [0, 0.1) is 0 Å². The molecule has 2 heteroatoms. The van der Waals surface area contributed by atoms with Gasteiger partial charge < -0.3 is 0 Å². The zero-order chi connectivity index (χ0) is 12.5. The zero-order valence-electron chi connectivity index (χ0n) is 10.1. The van der Waals surface area contributed by atoms with Crippen LogP contribution in [0.15, 0.2) is 75.8 Å². The molecular formula is C16H14Bi2. The molecule has 2 aromatic carbocycles. The first-order chi connectivity index (χ1) is 8.79. The number of hydrogen-bond donors (Lipinski definition) is 0. The summed E-state index contributed by atoms with van der Waals surface area (Å²) in [6, 6.07) is 21.9. The van der Waals surface area contributed by atoms with E-state index in [1.54, 1.807) is 8.52 Å². The predicted octanol–water partition coefficient (Wildman–Crippen LogP) is 2.07. The van der Waals surface area contributed by atoms with Crippen molar-refractivity contribution >= 4 is 50.0 Å². The second kappa shape index (κ2) is 5.36. The van der Waals surface area contributed by atoms with Gasteiger partial charge in [0.2, 0.25) is 0 Å². The van der Waals surface area contributed by atoms with E-state index in [-0.39, 0.29) is 0 Å². The topological polar surface area (TPSA) is 0 Å². The van der Waals surface area contributed by atoms with Gasteiger partial charge in [-0.1, -0.05) is 0 Å². The van der Waals surface area contributed by atoms with E-state index in [0.29, 0.717) is 0 Å². The quantitative estimate of drug-likeness (QED) is 0.450. The van der Waals surface area contributed by atoms with Crippen LogP contribution in [0.4, 0.5) is 0 Å². The monoisotopic (exact) mass is 624 g/mol. The first kappa shape index (κ1) is 12.7. The molecule has 0 spiro atoms. The second-order valence-corrected chi connectivity index (χ2v) is 33.5. The summed E-state index contributed by atoms with van der Waals surface area (Å²) in [6.45, 7) is 8.89. The van der Waals surface area contributed by atoms with Gasteiger partial charge in [-0.3, -0.25) is 0 Å². The Labute approximate surface area is 124 Å². The van der Waals surface area contributed by atoms with Crippen molar-refractivity contribution in [2.75, 3.05) is 0 Å². The number of hydrogen-bond acceptors (Lipinski definition) is 0. The maximum absolute atomic E-state index is 4.45. The molecule has 0 atom stereocenters. The minimum atomic E-state index is -1.77. The van der Waals surface area contributed by atoms with Crippen molar-refractivity contribution in [2.45, 2.75) is 0 Å². The van der Waals surface area contributed by atoms with Crippen LogP contribution in [0.25, 0.3) is 0 Å². The van der Waals surface area contributed by atoms with Gasteiger partial charge in [-0.15, -0.1) is 0 Å². The molecule has 1 aliphatic rings. The third-order valence-corrected chi connectivity index (χ3v) is 44.7. The molecule has 0 saturated carbocycles. The fourth-order valence-electron chi connectivity index (χ4n) is 2.20. The van der Waals surface area contributed by atoms with Gasteiger partial charge in [0.15, 0.2) is 0 Å². The first-order valence-corrected chi connectivity index (χ1v) is 16.3. The molecule has 0 N–H and O–H groups in total. The van der Waals surface area contributed by atoms with E-state index in [1.165, 1.54) is 0 Å². The normalized spacial score (nSPS) is 16.7. The molecule has 0 radical (unpaired) electrons. The summed E-state index contributed by atoms with van der Waals surface area (Å²) in [7, 11) is 0. The van der Waals surface area contributed by atoms with Crippen molar-refractivity contribution in [1.29, 1.82) is 0 Å². The van der Waals surface area contributed by atoms with Gasteiger partial charge in [-0.05, 0) is 0 Å². The van der Waals surface area contributed by atoms with Crippen molar-refractivity contribution < 1.29 is 0 Å². The average molecular weight is 624 g/mol. The fourth-order valence-corrected chi connectivity index (χ4v) is 53.1. The molecule has 88 valence electrons. The van der Waals surface area contributed by atoms with Gasteiger partial charge in [-0.25, -0.2) is 0 Å². The van der Waals surface area contributed by atoms with Gasteiger partial charge in [0, 0.05) is 0 Å². The molecule has 1 aliphatic heterocycles. The molecule has 1 fully saturated rings. The summed E-state index contributed by atoms with van der Waals surface area (Å²) in [4.78, 5) is 0. The van der Waals surface area contributed by atoms with Gasteiger partial charge in [0.25, 0.3) is 0 Å². The van der Waals surface area contributed by atoms with Crippen molar-refractivity contribution in [3.05, 3.63) is 75.8 Å². The Morgan fingerprint density at radius 3 is 1.22 bits per heavy atom. The third-order valence-electron chi connectivity index (χ3n) is 3.06. The van der Waals surface area contributed by atoms with Crippen LogP contribution in [0.5, 0.6) is 0 Å². The van der Waals surface area contributed by atoms with Crippen LogP contribution in [0.2, 0.25) is 0 Å². The molecule has 2 aromatic rings. The van der Waals surface area contributed by atoms with Crippen LogP contribution in [0.1, 0.15) is 0 Å². The summed E-state index contributed by atoms with van der Waals surface area (Å²) < 4.78 is 6.46. The van der Waals surface area contributed by atoms with E-state index in [2.05, 4.69) is 73.8 Å². The maximum atomic E-state index is 4.45. The van der Waals surface area contributed by atoms with Gasteiger partial charge in [0.1, 0.15) is 0 Å². The van der Waals surface area contributed by atoms with E-state index in [4.69, 9.17) is 0 Å². The summed E-state index contributed by atoms with van der Waals surface area (Å²) in [5.41, 5.74) is 0. The van der Waals surface area contributed by atoms with Gasteiger partial charge >= 0.3 is 126 Å². The molecule has 0 aromatic heterocycles. The Morgan fingerprint density at radius 2 is 0.889 bits per heavy atom. The van der Waals surface area contributed by atoms with Crippen LogP contribution in [-0.2, 0) is 0 Å². The molecule has 3 rings (SSSR count). The molecule has 18 heavy (non-hydrogen) atoms. The van der Waals surface area contributed by atoms with Crippen LogP contribution in [-0.4, -0.2) is 43.5 Å². The van der Waals surface area contributed by atoms with E-state index in [9.17, 15) is 0 Å². The molecule has 0 aliphatic carbocycles. The van der Waals surface area contributed by atoms with Gasteiger partial charge in [-0.2, -0.15) is 0 Å². The van der Waals surface area contributed by atoms with E-state index in [1.807, 2.05) is 0 Å². The van der Waals surface area contributed by atoms with Crippen molar-refractivity contribution in [3.63, 3.8) is 0 Å². The van der Waals surface area contributed by atoms with Gasteiger partial charge in [0.05, 0.1) is 0 Å². The van der Waals surface area contributed by atoms with Crippen LogP contribution >= 0.6 is 0 Å². The Hall–Kier alpha value is -0.314. The molecular weight excluding hydrogens is 610 g/mol. The fraction of sp³-hybridized carbons (Fsp3) is 0. The molecule has 1 heterocycles. The summed E-state index contributed by atoms with van der Waals surface area (Å²) in [6.07, 6.45) is 0. The third kappa shape index (κ3) is 2.15. The molecule has 0 bridgehead atoms. The average Bonchev–Trinajstić information content (AvgIpc) is 2.41. The standard InChI is InChI=1S/2C6H5.2C2H2.2Bi/c2*1-2-4-6-5-3-1;2*1-2;;/h2*1-5H;2*1H2;;. The van der Waals surface area contributed by atoms with Crippen molar-refractivity contribution in [3.8, 4) is 0 Å². The van der Waals surface area contributed by atoms with Crippen molar-refractivity contribution in [2.24, 2.45) is 0 Å². The Morgan fingerprint density at radius 1 is 0.556 bits per heavy atom. The van der Waals surface area contributed by atoms with E-state index < -0.39 is 43.5 Å². The Balaban J connectivity index is 1.89. The summed E-state index contributed by atoms with van der Waals surface area (Å²) in [5.74, 6) is 0. The molecule has 0 nitrogen and oxygen atoms in total. The minimum absolute atomic E-state index is 1.56. The zero-order valence-corrected chi connectivity index (χ0v) is 17.0.